The Morgan fingerprint density at radius 2 is 1.72 bits per heavy atom. The second-order valence-electron chi connectivity index (χ2n) is 7.45. The number of hydrogen-bond donors (Lipinski definition) is 2. The number of benzene rings is 2. The second kappa shape index (κ2) is 9.49. The third-order valence-electron chi connectivity index (χ3n) is 4.89. The van der Waals surface area contributed by atoms with Gasteiger partial charge in [0.15, 0.2) is 0 Å². The average Bonchev–Trinajstić information content (AvgIpc) is 2.77. The Kier molecular flexibility index (Phi) is 6.52. The smallest absolute Gasteiger partial charge is 0.237 e. The fourth-order valence-electron chi connectivity index (χ4n) is 3.35. The van der Waals surface area contributed by atoms with Crippen molar-refractivity contribution in [2.24, 2.45) is 0 Å². The molecule has 0 atom stereocenters. The molecule has 0 unspecified atom stereocenters. The number of rotatable bonds is 7. The van der Waals surface area contributed by atoms with Crippen LogP contribution >= 0.6 is 0 Å². The summed E-state index contributed by atoms with van der Waals surface area (Å²) in [6.45, 7) is 4.79. The molecule has 1 aliphatic heterocycles. The van der Waals surface area contributed by atoms with E-state index >= 15 is 0 Å². The molecule has 4 rings (SSSR count). The van der Waals surface area contributed by atoms with Crippen molar-refractivity contribution in [3.05, 3.63) is 71.7 Å². The van der Waals surface area contributed by atoms with Gasteiger partial charge in [-0.1, -0.05) is 18.2 Å². The first-order chi connectivity index (χ1) is 15.4. The van der Waals surface area contributed by atoms with Gasteiger partial charge >= 0.3 is 0 Å². The minimum Gasteiger partial charge on any atom is -0.378 e. The van der Waals surface area contributed by atoms with E-state index in [4.69, 9.17) is 4.74 Å². The van der Waals surface area contributed by atoms with Gasteiger partial charge in [-0.25, -0.2) is 17.8 Å². The number of morpholine rings is 1. The number of aromatic nitrogens is 2. The van der Waals surface area contributed by atoms with Gasteiger partial charge in [0.05, 0.1) is 19.0 Å². The molecule has 0 saturated carbocycles. The zero-order valence-corrected chi connectivity index (χ0v) is 18.4. The number of nitrogens with zero attached hydrogens (tertiary/aromatic N) is 3. The summed E-state index contributed by atoms with van der Waals surface area (Å²) >= 11 is 0. The van der Waals surface area contributed by atoms with Gasteiger partial charge in [-0.3, -0.25) is 4.72 Å². The molecule has 0 bridgehead atoms. The largest absolute Gasteiger partial charge is 0.378 e. The molecule has 0 amide bonds. The summed E-state index contributed by atoms with van der Waals surface area (Å²) in [5.41, 5.74) is 2.04. The van der Waals surface area contributed by atoms with Crippen molar-refractivity contribution in [3.8, 4) is 0 Å². The first-order valence-electron chi connectivity index (χ1n) is 10.2. The van der Waals surface area contributed by atoms with E-state index in [1.165, 1.54) is 18.2 Å². The lowest BCUT2D eigenvalue weighted by molar-refractivity contribution is 0.122. The number of sulfonamides is 1. The van der Waals surface area contributed by atoms with Crippen LogP contribution in [-0.4, -0.2) is 44.7 Å². The van der Waals surface area contributed by atoms with Crippen molar-refractivity contribution in [3.63, 3.8) is 0 Å². The molecule has 8 nitrogen and oxygen atoms in total. The molecule has 1 aromatic heterocycles. The highest BCUT2D eigenvalue weighted by molar-refractivity contribution is 7.91. The van der Waals surface area contributed by atoms with Gasteiger partial charge in [-0.2, -0.15) is 4.98 Å². The van der Waals surface area contributed by atoms with Crippen molar-refractivity contribution in [1.82, 2.24) is 9.97 Å². The quantitative estimate of drug-likeness (QED) is 0.561. The Balaban J connectivity index is 1.43. The van der Waals surface area contributed by atoms with E-state index < -0.39 is 21.6 Å². The lowest BCUT2D eigenvalue weighted by Crippen LogP contribution is -2.36. The van der Waals surface area contributed by atoms with Gasteiger partial charge in [-0.15, -0.1) is 0 Å². The highest BCUT2D eigenvalue weighted by Crippen LogP contribution is 2.22. The molecule has 1 fully saturated rings. The van der Waals surface area contributed by atoms with Crippen LogP contribution in [0.3, 0.4) is 0 Å². The maximum Gasteiger partial charge on any atom is 0.237 e. The molecule has 0 radical (unpaired) electrons. The summed E-state index contributed by atoms with van der Waals surface area (Å²) in [4.78, 5) is 11.2. The van der Waals surface area contributed by atoms with Crippen molar-refractivity contribution >= 4 is 33.2 Å². The van der Waals surface area contributed by atoms with Crippen molar-refractivity contribution in [1.29, 1.82) is 0 Å². The Morgan fingerprint density at radius 3 is 2.44 bits per heavy atom. The Hall–Kier alpha value is -3.24. The number of nitrogens with one attached hydrogen (secondary N) is 2. The molecule has 1 saturated heterocycles. The second-order valence-corrected chi connectivity index (χ2v) is 9.17. The Labute approximate surface area is 186 Å². The van der Waals surface area contributed by atoms with Crippen LogP contribution in [0.1, 0.15) is 11.3 Å². The van der Waals surface area contributed by atoms with Crippen LogP contribution in [-0.2, 0) is 20.5 Å². The van der Waals surface area contributed by atoms with Crippen LogP contribution in [0.15, 0.2) is 54.6 Å². The van der Waals surface area contributed by atoms with Gasteiger partial charge in [0.1, 0.15) is 11.6 Å². The van der Waals surface area contributed by atoms with E-state index in [0.29, 0.717) is 30.5 Å². The fraction of sp³-hybridized carbons (Fsp3) is 0.273. The molecule has 0 spiro atoms. The Morgan fingerprint density at radius 1 is 1.03 bits per heavy atom. The highest BCUT2D eigenvalue weighted by atomic mass is 32.2. The van der Waals surface area contributed by atoms with Gasteiger partial charge in [0, 0.05) is 41.8 Å². The van der Waals surface area contributed by atoms with Crippen molar-refractivity contribution in [2.45, 2.75) is 12.7 Å². The van der Waals surface area contributed by atoms with Crippen LogP contribution in [0.25, 0.3) is 0 Å². The van der Waals surface area contributed by atoms with Crippen LogP contribution < -0.4 is 14.9 Å². The minimum absolute atomic E-state index is 0.117. The number of halogens is 1. The van der Waals surface area contributed by atoms with E-state index in [1.807, 2.05) is 13.0 Å². The lowest BCUT2D eigenvalue weighted by atomic mass is 10.2. The Bertz CT molecular complexity index is 1180. The summed E-state index contributed by atoms with van der Waals surface area (Å²) in [7, 11) is -3.76. The normalized spacial score (nSPS) is 14.2. The molecular formula is C22H24FN5O3S. The molecule has 10 heteroatoms. The zero-order valence-electron chi connectivity index (χ0n) is 17.6. The molecule has 2 N–H and O–H groups in total. The summed E-state index contributed by atoms with van der Waals surface area (Å²) in [6.07, 6.45) is 0. The monoisotopic (exact) mass is 457 g/mol. The molecule has 168 valence electrons. The van der Waals surface area contributed by atoms with Crippen LogP contribution in [0.5, 0.6) is 0 Å². The molecule has 2 heterocycles. The highest BCUT2D eigenvalue weighted by Gasteiger charge is 2.16. The third-order valence-corrected chi connectivity index (χ3v) is 6.13. The molecule has 0 aliphatic carbocycles. The fourth-order valence-corrected chi connectivity index (χ4v) is 4.56. The van der Waals surface area contributed by atoms with Crippen LogP contribution in [0.4, 0.5) is 27.5 Å². The number of hydrogen-bond acceptors (Lipinski definition) is 7. The van der Waals surface area contributed by atoms with Crippen LogP contribution in [0, 0.1) is 12.7 Å². The first kappa shape index (κ1) is 22.0. The van der Waals surface area contributed by atoms with E-state index in [2.05, 4.69) is 24.9 Å². The lowest BCUT2D eigenvalue weighted by Gasteiger charge is -2.28. The predicted molar refractivity (Wildman–Crippen MR) is 122 cm³/mol. The summed E-state index contributed by atoms with van der Waals surface area (Å²) < 4.78 is 46.4. The number of ether oxygens (including phenoxy) is 1. The molecule has 32 heavy (non-hydrogen) atoms. The average molecular weight is 458 g/mol. The minimum atomic E-state index is -3.76. The van der Waals surface area contributed by atoms with E-state index in [1.54, 1.807) is 30.3 Å². The van der Waals surface area contributed by atoms with Crippen molar-refractivity contribution in [2.75, 3.05) is 41.2 Å². The van der Waals surface area contributed by atoms with E-state index in [-0.39, 0.29) is 5.56 Å². The number of anilines is 4. The molecule has 1 aliphatic rings. The molecular weight excluding hydrogens is 433 g/mol. The van der Waals surface area contributed by atoms with E-state index in [0.717, 1.165) is 24.6 Å². The topological polar surface area (TPSA) is 96.5 Å². The number of aryl methyl sites for hydroxylation is 1. The summed E-state index contributed by atoms with van der Waals surface area (Å²) in [6, 6.07) is 14.4. The van der Waals surface area contributed by atoms with Crippen LogP contribution in [0.2, 0.25) is 0 Å². The predicted octanol–water partition coefficient (Wildman–Crippen LogP) is 3.45. The van der Waals surface area contributed by atoms with Gasteiger partial charge in [0.2, 0.25) is 16.0 Å². The summed E-state index contributed by atoms with van der Waals surface area (Å²) in [5.74, 6) is 0.299. The maximum atomic E-state index is 13.8. The summed E-state index contributed by atoms with van der Waals surface area (Å²) in [5, 5.41) is 3.15. The zero-order chi connectivity index (χ0) is 22.6. The maximum absolute atomic E-state index is 13.8. The van der Waals surface area contributed by atoms with Gasteiger partial charge < -0.3 is 15.0 Å². The first-order valence-corrected chi connectivity index (χ1v) is 11.8. The van der Waals surface area contributed by atoms with Gasteiger partial charge in [0.25, 0.3) is 0 Å². The standard InChI is InChI=1S/C22H24FN5O3S/c1-16-14-21(28-10-12-31-13-11-28)26-22(24-16)25-18-6-8-19(9-7-18)27-32(29,30)15-17-4-2-3-5-20(17)23/h2-9,14,27H,10-13,15H2,1H3,(H,24,25,26). The molecule has 3 aromatic rings. The van der Waals surface area contributed by atoms with E-state index in [9.17, 15) is 12.8 Å². The van der Waals surface area contributed by atoms with Crippen molar-refractivity contribution < 1.29 is 17.5 Å². The molecule has 2 aromatic carbocycles. The third kappa shape index (κ3) is 5.71. The van der Waals surface area contributed by atoms with Gasteiger partial charge in [-0.05, 0) is 37.3 Å². The SMILES string of the molecule is Cc1cc(N2CCOCC2)nc(Nc2ccc(NS(=O)(=O)Cc3ccccc3F)cc2)n1.